The first-order valence-corrected chi connectivity index (χ1v) is 8.59. The Labute approximate surface area is 146 Å². The Morgan fingerprint density at radius 1 is 1.28 bits per heavy atom. The minimum absolute atomic E-state index is 0.0118. The van der Waals surface area contributed by atoms with Gasteiger partial charge >= 0.3 is 0 Å². The summed E-state index contributed by atoms with van der Waals surface area (Å²) in [5.74, 6) is 2.68. The first-order chi connectivity index (χ1) is 12.2. The number of likely N-dealkylation sites (N-methyl/N-ethyl adjacent to an activating group) is 1. The van der Waals surface area contributed by atoms with Crippen molar-refractivity contribution in [3.05, 3.63) is 36.0 Å². The van der Waals surface area contributed by atoms with E-state index in [0.29, 0.717) is 43.5 Å². The first-order valence-electron chi connectivity index (χ1n) is 8.59. The van der Waals surface area contributed by atoms with E-state index in [4.69, 9.17) is 14.0 Å². The van der Waals surface area contributed by atoms with Crippen LogP contribution >= 0.6 is 0 Å². The summed E-state index contributed by atoms with van der Waals surface area (Å²) < 4.78 is 16.7. The molecule has 1 aliphatic rings. The highest BCUT2D eigenvalue weighted by Gasteiger charge is 2.23. The number of aromatic nitrogens is 2. The van der Waals surface area contributed by atoms with E-state index in [0.717, 1.165) is 18.6 Å². The average molecular weight is 345 g/mol. The number of amides is 1. The molecule has 1 atom stereocenters. The van der Waals surface area contributed by atoms with Crippen molar-refractivity contribution in [2.45, 2.75) is 38.7 Å². The van der Waals surface area contributed by atoms with Gasteiger partial charge in [-0.1, -0.05) is 24.2 Å². The summed E-state index contributed by atoms with van der Waals surface area (Å²) in [5, 5.41) is 3.90. The van der Waals surface area contributed by atoms with Crippen molar-refractivity contribution in [2.24, 2.45) is 0 Å². The lowest BCUT2D eigenvalue weighted by Gasteiger charge is -2.29. The normalized spacial score (nSPS) is 15.8. The van der Waals surface area contributed by atoms with E-state index in [1.807, 2.05) is 24.3 Å². The number of hydrogen-bond acceptors (Lipinski definition) is 6. The van der Waals surface area contributed by atoms with Crippen LogP contribution in [0.1, 0.15) is 31.5 Å². The Hall–Kier alpha value is -2.57. The lowest BCUT2D eigenvalue weighted by Crippen LogP contribution is -2.41. The average Bonchev–Trinajstić information content (AvgIpc) is 3.07. The van der Waals surface area contributed by atoms with Gasteiger partial charge in [-0.25, -0.2) is 0 Å². The maximum Gasteiger partial charge on any atom is 0.227 e. The second-order valence-electron chi connectivity index (χ2n) is 6.13. The number of benzene rings is 1. The Kier molecular flexibility index (Phi) is 5.53. The molecule has 7 nitrogen and oxygen atoms in total. The fraction of sp³-hybridized carbons (Fsp3) is 0.500. The molecule has 0 saturated carbocycles. The van der Waals surface area contributed by atoms with Crippen LogP contribution in [0.25, 0.3) is 0 Å². The summed E-state index contributed by atoms with van der Waals surface area (Å²) >= 11 is 0. The number of ether oxygens (including phenoxy) is 2. The summed E-state index contributed by atoms with van der Waals surface area (Å²) in [6.07, 6.45) is 2.35. The van der Waals surface area contributed by atoms with Crippen LogP contribution in [0.2, 0.25) is 0 Å². The van der Waals surface area contributed by atoms with Gasteiger partial charge in [0, 0.05) is 26.3 Å². The van der Waals surface area contributed by atoms with Crippen molar-refractivity contribution in [1.29, 1.82) is 0 Å². The molecule has 2 aromatic rings. The molecule has 0 saturated heterocycles. The van der Waals surface area contributed by atoms with Crippen molar-refractivity contribution in [3.63, 3.8) is 0 Å². The summed E-state index contributed by atoms with van der Waals surface area (Å²) in [5.41, 5.74) is 0. The molecule has 1 aromatic carbocycles. The maximum atomic E-state index is 12.3. The number of hydrogen-bond donors (Lipinski definition) is 0. The second-order valence-corrected chi connectivity index (χ2v) is 6.13. The number of nitrogens with zero attached hydrogens (tertiary/aromatic N) is 3. The minimum Gasteiger partial charge on any atom is -0.486 e. The number of fused-ring (bicyclic) bond motifs is 1. The quantitative estimate of drug-likeness (QED) is 0.766. The molecule has 134 valence electrons. The van der Waals surface area contributed by atoms with Gasteiger partial charge < -0.3 is 18.9 Å². The first kappa shape index (κ1) is 17.3. The van der Waals surface area contributed by atoms with Crippen molar-refractivity contribution in [3.8, 4) is 11.5 Å². The number of aryl methyl sites for hydroxylation is 2. The van der Waals surface area contributed by atoms with Crippen molar-refractivity contribution >= 4 is 5.91 Å². The predicted octanol–water partition coefficient (Wildman–Crippen LogP) is 2.25. The van der Waals surface area contributed by atoms with Crippen molar-refractivity contribution in [2.75, 3.05) is 20.2 Å². The Balaban J connectivity index is 1.46. The Morgan fingerprint density at radius 3 is 2.88 bits per heavy atom. The van der Waals surface area contributed by atoms with E-state index >= 15 is 0 Å². The Bertz CT molecular complexity index is 716. The zero-order valence-electron chi connectivity index (χ0n) is 14.6. The predicted molar refractivity (Wildman–Crippen MR) is 90.6 cm³/mol. The number of rotatable bonds is 7. The van der Waals surface area contributed by atoms with E-state index in [-0.39, 0.29) is 12.0 Å². The van der Waals surface area contributed by atoms with Crippen LogP contribution in [0.3, 0.4) is 0 Å². The highest BCUT2D eigenvalue weighted by atomic mass is 16.6. The molecule has 0 bridgehead atoms. The zero-order valence-corrected chi connectivity index (χ0v) is 14.6. The summed E-state index contributed by atoms with van der Waals surface area (Å²) in [7, 11) is 1.77. The molecule has 1 amide bonds. The van der Waals surface area contributed by atoms with Gasteiger partial charge in [-0.05, 0) is 18.6 Å². The molecule has 1 aromatic heterocycles. The van der Waals surface area contributed by atoms with Gasteiger partial charge in [0.05, 0.1) is 6.54 Å². The van der Waals surface area contributed by atoms with Gasteiger partial charge in [0.25, 0.3) is 0 Å². The lowest BCUT2D eigenvalue weighted by atomic mass is 10.2. The summed E-state index contributed by atoms with van der Waals surface area (Å²) in [6.45, 7) is 2.96. The van der Waals surface area contributed by atoms with Crippen LogP contribution < -0.4 is 9.47 Å². The smallest absolute Gasteiger partial charge is 0.227 e. The third kappa shape index (κ3) is 4.49. The standard InChI is InChI=1S/C18H23N3O4/c1-3-6-16-19-17(25-20-16)9-10-18(22)21(2)11-13-12-23-14-7-4-5-8-15(14)24-13/h4-5,7-8,13H,3,6,9-12H2,1-2H3. The number of carbonyl (C=O) groups excluding carboxylic acids is 1. The fourth-order valence-electron chi connectivity index (χ4n) is 2.68. The van der Waals surface area contributed by atoms with E-state index < -0.39 is 0 Å². The largest absolute Gasteiger partial charge is 0.486 e. The van der Waals surface area contributed by atoms with Gasteiger partial charge in [0.1, 0.15) is 6.61 Å². The van der Waals surface area contributed by atoms with Gasteiger partial charge in [-0.15, -0.1) is 0 Å². The van der Waals surface area contributed by atoms with E-state index in [2.05, 4.69) is 17.1 Å². The molecule has 1 aliphatic heterocycles. The lowest BCUT2D eigenvalue weighted by molar-refractivity contribution is -0.131. The highest BCUT2D eigenvalue weighted by Crippen LogP contribution is 2.30. The van der Waals surface area contributed by atoms with Gasteiger partial charge in [0.15, 0.2) is 23.4 Å². The van der Waals surface area contributed by atoms with E-state index in [1.165, 1.54) is 0 Å². The molecule has 0 aliphatic carbocycles. The third-order valence-electron chi connectivity index (χ3n) is 4.01. The molecule has 2 heterocycles. The third-order valence-corrected chi connectivity index (χ3v) is 4.01. The molecule has 0 radical (unpaired) electrons. The molecular weight excluding hydrogens is 322 g/mol. The zero-order chi connectivity index (χ0) is 17.6. The van der Waals surface area contributed by atoms with Crippen LogP contribution in [0, 0.1) is 0 Å². The van der Waals surface area contributed by atoms with Crippen molar-refractivity contribution < 1.29 is 18.8 Å². The minimum atomic E-state index is -0.177. The molecule has 0 spiro atoms. The van der Waals surface area contributed by atoms with Crippen LogP contribution in [0.4, 0.5) is 0 Å². The van der Waals surface area contributed by atoms with Crippen LogP contribution in [-0.2, 0) is 17.6 Å². The van der Waals surface area contributed by atoms with Crippen LogP contribution in [0.5, 0.6) is 11.5 Å². The molecule has 25 heavy (non-hydrogen) atoms. The van der Waals surface area contributed by atoms with Gasteiger partial charge in [-0.3, -0.25) is 4.79 Å². The Morgan fingerprint density at radius 2 is 2.08 bits per heavy atom. The molecule has 3 rings (SSSR count). The monoisotopic (exact) mass is 345 g/mol. The van der Waals surface area contributed by atoms with Gasteiger partial charge in [-0.2, -0.15) is 4.98 Å². The number of carbonyl (C=O) groups is 1. The molecule has 1 unspecified atom stereocenters. The SMILES string of the molecule is CCCc1noc(CCC(=O)N(C)CC2COc3ccccc3O2)n1. The number of para-hydroxylation sites is 2. The van der Waals surface area contributed by atoms with E-state index in [1.54, 1.807) is 11.9 Å². The molecule has 0 N–H and O–H groups in total. The van der Waals surface area contributed by atoms with Gasteiger partial charge in [0.2, 0.25) is 11.8 Å². The highest BCUT2D eigenvalue weighted by molar-refractivity contribution is 5.76. The molecular formula is C18H23N3O4. The topological polar surface area (TPSA) is 77.7 Å². The van der Waals surface area contributed by atoms with Crippen LogP contribution in [0.15, 0.2) is 28.8 Å². The molecule has 7 heteroatoms. The summed E-state index contributed by atoms with van der Waals surface area (Å²) in [4.78, 5) is 18.2. The van der Waals surface area contributed by atoms with Crippen LogP contribution in [-0.4, -0.2) is 47.3 Å². The second kappa shape index (κ2) is 8.00. The van der Waals surface area contributed by atoms with Crippen molar-refractivity contribution in [1.82, 2.24) is 15.0 Å². The fourth-order valence-corrected chi connectivity index (χ4v) is 2.68. The van der Waals surface area contributed by atoms with E-state index in [9.17, 15) is 4.79 Å². The maximum absolute atomic E-state index is 12.3. The molecule has 0 fully saturated rings. The summed E-state index contributed by atoms with van der Waals surface area (Å²) in [6, 6.07) is 7.54.